The van der Waals surface area contributed by atoms with E-state index in [1.807, 2.05) is 32.0 Å². The number of methoxy groups -OCH3 is 1. The number of nitrogens with one attached hydrogen (secondary N) is 1. The summed E-state index contributed by atoms with van der Waals surface area (Å²) in [5.41, 5.74) is 0.956. The van der Waals surface area contributed by atoms with E-state index in [9.17, 15) is 14.4 Å². The molecule has 1 aliphatic rings. The van der Waals surface area contributed by atoms with Gasteiger partial charge in [-0.25, -0.2) is 0 Å². The van der Waals surface area contributed by atoms with Gasteiger partial charge in [-0.1, -0.05) is 32.0 Å². The van der Waals surface area contributed by atoms with Crippen molar-refractivity contribution in [3.63, 3.8) is 0 Å². The maximum atomic E-state index is 13.2. The molecule has 0 bridgehead atoms. The lowest BCUT2D eigenvalue weighted by atomic mass is 9.73. The first kappa shape index (κ1) is 19.0. The number of hydrogen-bond donors (Lipinski definition) is 1. The van der Waals surface area contributed by atoms with Gasteiger partial charge in [0.15, 0.2) is 5.78 Å². The highest BCUT2D eigenvalue weighted by molar-refractivity contribution is 6.04. The van der Waals surface area contributed by atoms with Crippen LogP contribution in [0.3, 0.4) is 0 Å². The molecule has 2 aromatic rings. The predicted molar refractivity (Wildman–Crippen MR) is 103 cm³/mol. The summed E-state index contributed by atoms with van der Waals surface area (Å²) in [5.74, 6) is -0.513. The summed E-state index contributed by atoms with van der Waals surface area (Å²) in [6.45, 7) is 4.59. The van der Waals surface area contributed by atoms with E-state index >= 15 is 0 Å². The highest BCUT2D eigenvalue weighted by Gasteiger charge is 2.35. The van der Waals surface area contributed by atoms with Gasteiger partial charge in [-0.3, -0.25) is 19.0 Å². The molecule has 0 unspecified atom stereocenters. The van der Waals surface area contributed by atoms with Crippen molar-refractivity contribution in [3.05, 3.63) is 63.6 Å². The molecule has 0 atom stereocenters. The van der Waals surface area contributed by atoms with E-state index < -0.39 is 11.5 Å². The molecule has 6 heteroatoms. The van der Waals surface area contributed by atoms with Gasteiger partial charge in [0.2, 0.25) is 0 Å². The number of carbonyl (C=O) groups is 2. The van der Waals surface area contributed by atoms with Gasteiger partial charge in [-0.05, 0) is 29.5 Å². The summed E-state index contributed by atoms with van der Waals surface area (Å²) in [7, 11) is 1.54. The van der Waals surface area contributed by atoms with E-state index in [0.717, 1.165) is 0 Å². The zero-order valence-corrected chi connectivity index (χ0v) is 15.9. The fourth-order valence-corrected chi connectivity index (χ4v) is 3.51. The summed E-state index contributed by atoms with van der Waals surface area (Å²) < 4.78 is 6.35. The Morgan fingerprint density at radius 3 is 2.56 bits per heavy atom. The maximum absolute atomic E-state index is 13.2. The predicted octanol–water partition coefficient (Wildman–Crippen LogP) is 2.37. The Morgan fingerprint density at radius 1 is 1.19 bits per heavy atom. The van der Waals surface area contributed by atoms with Gasteiger partial charge in [0.25, 0.3) is 11.5 Å². The lowest BCUT2D eigenvalue weighted by Crippen LogP contribution is -2.39. The standard InChI is InChI=1S/C21H24N2O4/c1-21(2)11-15-16(17(24)12-21)13-23(14-7-5-4-6-8-14)20(26)18(15)19(25)22-9-10-27-3/h4-8,13H,9-12H2,1-3H3,(H,22,25). The number of para-hydroxylation sites is 1. The summed E-state index contributed by atoms with van der Waals surface area (Å²) >= 11 is 0. The Kier molecular flexibility index (Phi) is 5.28. The molecule has 142 valence electrons. The number of benzene rings is 1. The molecule has 1 aromatic carbocycles. The fourth-order valence-electron chi connectivity index (χ4n) is 3.51. The van der Waals surface area contributed by atoms with Crippen molar-refractivity contribution in [3.8, 4) is 5.69 Å². The number of pyridine rings is 1. The van der Waals surface area contributed by atoms with Crippen LogP contribution in [0.2, 0.25) is 0 Å². The molecule has 0 fully saturated rings. The minimum absolute atomic E-state index is 0.0446. The number of nitrogens with zero attached hydrogens (tertiary/aromatic N) is 1. The number of amides is 1. The maximum Gasteiger partial charge on any atom is 0.268 e. The molecular formula is C21H24N2O4. The number of ether oxygens (including phenoxy) is 1. The smallest absolute Gasteiger partial charge is 0.268 e. The average Bonchev–Trinajstić information content (AvgIpc) is 2.61. The number of aromatic nitrogens is 1. The molecule has 0 saturated heterocycles. The number of Topliss-reactive ketones (excluding diaryl/α,β-unsaturated/α-hetero) is 1. The third kappa shape index (κ3) is 3.85. The Labute approximate surface area is 158 Å². The summed E-state index contributed by atoms with van der Waals surface area (Å²) in [4.78, 5) is 38.8. The van der Waals surface area contributed by atoms with E-state index in [0.29, 0.717) is 42.8 Å². The van der Waals surface area contributed by atoms with Gasteiger partial charge in [-0.2, -0.15) is 0 Å². The Hall–Kier alpha value is -2.73. The van der Waals surface area contributed by atoms with Crippen LogP contribution in [0.1, 0.15) is 46.5 Å². The lowest BCUT2D eigenvalue weighted by molar-refractivity contribution is 0.0907. The highest BCUT2D eigenvalue weighted by atomic mass is 16.5. The van der Waals surface area contributed by atoms with Crippen LogP contribution in [0.4, 0.5) is 0 Å². The number of ketones is 1. The molecule has 27 heavy (non-hydrogen) atoms. The average molecular weight is 368 g/mol. The van der Waals surface area contributed by atoms with Crippen LogP contribution in [-0.2, 0) is 11.2 Å². The van der Waals surface area contributed by atoms with Crippen LogP contribution < -0.4 is 10.9 Å². The Bertz CT molecular complexity index is 929. The van der Waals surface area contributed by atoms with Crippen molar-refractivity contribution in [2.75, 3.05) is 20.3 Å². The molecule has 0 saturated carbocycles. The van der Waals surface area contributed by atoms with Crippen LogP contribution in [-0.4, -0.2) is 36.5 Å². The molecule has 0 spiro atoms. The van der Waals surface area contributed by atoms with Crippen LogP contribution in [0, 0.1) is 5.41 Å². The number of rotatable bonds is 5. The van der Waals surface area contributed by atoms with Crippen LogP contribution in [0.15, 0.2) is 41.3 Å². The van der Waals surface area contributed by atoms with Crippen LogP contribution >= 0.6 is 0 Å². The van der Waals surface area contributed by atoms with Crippen LogP contribution in [0.25, 0.3) is 5.69 Å². The summed E-state index contributed by atoms with van der Waals surface area (Å²) in [5, 5.41) is 2.72. The zero-order valence-electron chi connectivity index (χ0n) is 15.9. The normalized spacial score (nSPS) is 15.3. The summed E-state index contributed by atoms with van der Waals surface area (Å²) in [6, 6.07) is 9.02. The molecule has 1 amide bonds. The molecule has 0 radical (unpaired) electrons. The van der Waals surface area contributed by atoms with Gasteiger partial charge in [0, 0.05) is 37.5 Å². The largest absolute Gasteiger partial charge is 0.383 e. The third-order valence-corrected chi connectivity index (χ3v) is 4.77. The van der Waals surface area contributed by atoms with Crippen molar-refractivity contribution in [2.24, 2.45) is 5.41 Å². The molecular weight excluding hydrogens is 344 g/mol. The topological polar surface area (TPSA) is 77.4 Å². The van der Waals surface area contributed by atoms with Gasteiger partial charge in [-0.15, -0.1) is 0 Å². The molecule has 1 N–H and O–H groups in total. The second-order valence-corrected chi connectivity index (χ2v) is 7.60. The third-order valence-electron chi connectivity index (χ3n) is 4.77. The molecule has 6 nitrogen and oxygen atoms in total. The Morgan fingerprint density at radius 2 is 1.89 bits per heavy atom. The van der Waals surface area contributed by atoms with Gasteiger partial charge < -0.3 is 10.1 Å². The molecule has 0 aliphatic heterocycles. The first-order valence-electron chi connectivity index (χ1n) is 8.98. The number of carbonyl (C=O) groups excluding carboxylic acids is 2. The molecule has 1 aliphatic carbocycles. The van der Waals surface area contributed by atoms with Crippen molar-refractivity contribution in [1.29, 1.82) is 0 Å². The zero-order chi connectivity index (χ0) is 19.6. The first-order valence-corrected chi connectivity index (χ1v) is 8.98. The SMILES string of the molecule is COCCNC(=O)c1c2c(cn(-c3ccccc3)c1=O)C(=O)CC(C)(C)C2. The summed E-state index contributed by atoms with van der Waals surface area (Å²) in [6.07, 6.45) is 2.47. The highest BCUT2D eigenvalue weighted by Crippen LogP contribution is 2.35. The van der Waals surface area contributed by atoms with Gasteiger partial charge in [0.1, 0.15) is 5.56 Å². The number of hydrogen-bond acceptors (Lipinski definition) is 4. The number of fused-ring (bicyclic) bond motifs is 1. The quantitative estimate of drug-likeness (QED) is 0.822. The second kappa shape index (κ2) is 7.48. The van der Waals surface area contributed by atoms with Crippen molar-refractivity contribution in [2.45, 2.75) is 26.7 Å². The second-order valence-electron chi connectivity index (χ2n) is 7.60. The molecule has 1 aromatic heterocycles. The van der Waals surface area contributed by atoms with Crippen molar-refractivity contribution >= 4 is 11.7 Å². The fraction of sp³-hybridized carbons (Fsp3) is 0.381. The van der Waals surface area contributed by atoms with Gasteiger partial charge in [0.05, 0.1) is 6.61 Å². The minimum atomic E-state index is -0.468. The van der Waals surface area contributed by atoms with E-state index in [-0.39, 0.29) is 16.8 Å². The van der Waals surface area contributed by atoms with E-state index in [1.54, 1.807) is 25.4 Å². The van der Waals surface area contributed by atoms with Gasteiger partial charge >= 0.3 is 0 Å². The molecule has 3 rings (SSSR count). The van der Waals surface area contributed by atoms with E-state index in [2.05, 4.69) is 5.32 Å². The van der Waals surface area contributed by atoms with E-state index in [4.69, 9.17) is 4.74 Å². The van der Waals surface area contributed by atoms with Crippen molar-refractivity contribution in [1.82, 2.24) is 9.88 Å². The lowest BCUT2D eigenvalue weighted by Gasteiger charge is -2.31. The van der Waals surface area contributed by atoms with E-state index in [1.165, 1.54) is 4.57 Å². The van der Waals surface area contributed by atoms with Crippen molar-refractivity contribution < 1.29 is 14.3 Å². The van der Waals surface area contributed by atoms with Crippen LogP contribution in [0.5, 0.6) is 0 Å². The molecule has 1 heterocycles. The minimum Gasteiger partial charge on any atom is -0.383 e. The first-order chi connectivity index (χ1) is 12.8. The Balaban J connectivity index is 2.19. The monoisotopic (exact) mass is 368 g/mol.